The third kappa shape index (κ3) is 5.50. The lowest BCUT2D eigenvalue weighted by Gasteiger charge is -2.20. The first kappa shape index (κ1) is 27.4. The van der Waals surface area contributed by atoms with Gasteiger partial charge in [0.05, 0.1) is 16.6 Å². The van der Waals surface area contributed by atoms with Gasteiger partial charge in [0.2, 0.25) is 0 Å². The van der Waals surface area contributed by atoms with E-state index in [9.17, 15) is 18.8 Å². The van der Waals surface area contributed by atoms with E-state index in [-0.39, 0.29) is 28.2 Å². The number of H-pyrrole nitrogens is 1. The maximum Gasteiger partial charge on any atom is 0.334 e. The molecule has 2 heterocycles. The van der Waals surface area contributed by atoms with Crippen LogP contribution in [0.2, 0.25) is 0 Å². The van der Waals surface area contributed by atoms with E-state index in [2.05, 4.69) is 9.97 Å². The number of nitrogens with two attached hydrogens (primary N) is 1. The number of anilines is 1. The number of para-hydroxylation sites is 1. The number of fused-ring (bicyclic) bond motifs is 1. The fraction of sp³-hybridized carbons (Fsp3) is 0.241. The number of nitrogens with one attached hydrogen (secondary N) is 1. The van der Waals surface area contributed by atoms with Crippen LogP contribution in [0.25, 0.3) is 34.1 Å². The van der Waals surface area contributed by atoms with E-state index in [0.717, 1.165) is 16.7 Å². The average Bonchev–Trinajstić information content (AvgIpc) is 2.82. The summed E-state index contributed by atoms with van der Waals surface area (Å²) in [7, 11) is 0. The quantitative estimate of drug-likeness (QED) is 0.209. The van der Waals surface area contributed by atoms with Crippen LogP contribution in [0.1, 0.15) is 51.7 Å². The molecule has 4 aromatic rings. The Morgan fingerprint density at radius 1 is 1.10 bits per heavy atom. The Morgan fingerprint density at radius 3 is 2.44 bits per heavy atom. The number of rotatable bonds is 5. The first-order valence-corrected chi connectivity index (χ1v) is 12.2. The van der Waals surface area contributed by atoms with Gasteiger partial charge in [0.15, 0.2) is 11.5 Å². The minimum atomic E-state index is -0.989. The van der Waals surface area contributed by atoms with Crippen LogP contribution in [0.4, 0.5) is 14.5 Å². The Balaban J connectivity index is 2.08. The monoisotopic (exact) mass is 534 g/mol. The summed E-state index contributed by atoms with van der Waals surface area (Å²) in [5.41, 5.74) is 3.91. The number of carbonyl (C=O) groups is 1. The first-order valence-electron chi connectivity index (χ1n) is 12.2. The molecule has 0 fully saturated rings. The molecule has 0 aliphatic carbocycles. The van der Waals surface area contributed by atoms with E-state index in [1.54, 1.807) is 39.0 Å². The minimum absolute atomic E-state index is 0.0666. The zero-order valence-electron chi connectivity index (χ0n) is 22.1. The van der Waals surface area contributed by atoms with Gasteiger partial charge in [0.1, 0.15) is 17.1 Å². The van der Waals surface area contributed by atoms with E-state index < -0.39 is 40.1 Å². The summed E-state index contributed by atoms with van der Waals surface area (Å²) in [5, 5.41) is -0.230. The Labute approximate surface area is 222 Å². The summed E-state index contributed by atoms with van der Waals surface area (Å²) in [5.74, 6) is -2.52. The van der Waals surface area contributed by atoms with Crippen molar-refractivity contribution in [3.05, 3.63) is 92.1 Å². The van der Waals surface area contributed by atoms with Crippen molar-refractivity contribution in [2.75, 3.05) is 5.73 Å². The minimum Gasteiger partial charge on any atom is -0.457 e. The van der Waals surface area contributed by atoms with Crippen molar-refractivity contribution in [2.45, 2.75) is 46.1 Å². The van der Waals surface area contributed by atoms with Gasteiger partial charge < -0.3 is 10.5 Å². The number of ether oxygens (including phenoxy) is 1. The van der Waals surface area contributed by atoms with Crippen LogP contribution >= 0.6 is 0 Å². The number of hydrogen-bond acceptors (Lipinski definition) is 6. The molecule has 0 atom stereocenters. The van der Waals surface area contributed by atoms with Crippen molar-refractivity contribution in [1.29, 1.82) is 0 Å². The summed E-state index contributed by atoms with van der Waals surface area (Å²) in [4.78, 5) is 44.9. The molecule has 4 rings (SSSR count). The first-order chi connectivity index (χ1) is 18.3. The number of nitrogen functional groups attached to an aromatic ring is 1. The molecule has 2 aromatic heterocycles. The summed E-state index contributed by atoms with van der Waals surface area (Å²) >= 11 is 0. The molecule has 0 radical (unpaired) electrons. The molecule has 0 unspecified atom stereocenters. The average molecular weight is 535 g/mol. The van der Waals surface area contributed by atoms with Crippen LogP contribution in [0, 0.1) is 11.6 Å². The largest absolute Gasteiger partial charge is 0.457 e. The van der Waals surface area contributed by atoms with Crippen molar-refractivity contribution < 1.29 is 18.3 Å². The summed E-state index contributed by atoms with van der Waals surface area (Å²) in [6, 6.07) is 9.98. The number of nitrogens with zero attached hydrogens (tertiary/aromatic N) is 2. The second-order valence-electron chi connectivity index (χ2n) is 10.3. The van der Waals surface area contributed by atoms with Crippen LogP contribution in [-0.4, -0.2) is 26.1 Å². The van der Waals surface area contributed by atoms with Gasteiger partial charge in [0, 0.05) is 11.8 Å². The van der Waals surface area contributed by atoms with Gasteiger partial charge in [-0.25, -0.2) is 27.9 Å². The second kappa shape index (κ2) is 10.3. The molecule has 39 heavy (non-hydrogen) atoms. The standard InChI is InChI=1S/C29H28F2N4O4/c1-15(2)17-9-6-8-16(12-13-22(36)39-29(3,4)5)25(17)35-26-18(27(37)34-28(35)38)14-20(31)24(33-26)23-19(30)10-7-11-21(23)32/h6-15H,32H2,1-5H3,(H,34,37,38)/b13-12+. The molecule has 0 aliphatic rings. The van der Waals surface area contributed by atoms with Crippen LogP contribution in [0.3, 0.4) is 0 Å². The summed E-state index contributed by atoms with van der Waals surface area (Å²) in [6.45, 7) is 9.01. The van der Waals surface area contributed by atoms with Crippen molar-refractivity contribution >= 4 is 28.8 Å². The molecule has 0 saturated heterocycles. The molecule has 0 amide bonds. The van der Waals surface area contributed by atoms with Crippen molar-refractivity contribution in [3.63, 3.8) is 0 Å². The lowest BCUT2D eigenvalue weighted by Crippen LogP contribution is -2.31. The van der Waals surface area contributed by atoms with Crippen molar-refractivity contribution in [3.8, 4) is 16.9 Å². The van der Waals surface area contributed by atoms with Crippen LogP contribution in [0.15, 0.2) is 58.1 Å². The van der Waals surface area contributed by atoms with E-state index >= 15 is 4.39 Å². The molecule has 2 aromatic carbocycles. The highest BCUT2D eigenvalue weighted by molar-refractivity contribution is 5.89. The predicted octanol–water partition coefficient (Wildman–Crippen LogP) is 5.08. The summed E-state index contributed by atoms with van der Waals surface area (Å²) in [6.07, 6.45) is 2.71. The Kier molecular flexibility index (Phi) is 7.23. The molecule has 0 saturated carbocycles. The Morgan fingerprint density at radius 2 is 1.79 bits per heavy atom. The Hall–Kier alpha value is -4.60. The van der Waals surface area contributed by atoms with Crippen molar-refractivity contribution in [2.24, 2.45) is 0 Å². The SMILES string of the molecule is CC(C)c1cccc(/C=C/C(=O)OC(C)(C)C)c1-n1c(=O)[nH]c(=O)c2cc(F)c(-c3c(N)cccc3F)nc21. The topological polar surface area (TPSA) is 120 Å². The smallest absolute Gasteiger partial charge is 0.334 e. The van der Waals surface area contributed by atoms with Gasteiger partial charge in [-0.05, 0) is 62.1 Å². The normalized spacial score (nSPS) is 12.0. The van der Waals surface area contributed by atoms with Gasteiger partial charge in [-0.2, -0.15) is 0 Å². The number of halogens is 2. The number of pyridine rings is 1. The maximum absolute atomic E-state index is 15.2. The maximum atomic E-state index is 15.2. The van der Waals surface area contributed by atoms with E-state index in [4.69, 9.17) is 10.5 Å². The molecule has 10 heteroatoms. The molecule has 0 aliphatic heterocycles. The lowest BCUT2D eigenvalue weighted by molar-refractivity contribution is -0.148. The lowest BCUT2D eigenvalue weighted by atomic mass is 9.97. The van der Waals surface area contributed by atoms with Crippen LogP contribution in [-0.2, 0) is 9.53 Å². The number of aromatic amines is 1. The highest BCUT2D eigenvalue weighted by Gasteiger charge is 2.23. The van der Waals surface area contributed by atoms with Gasteiger partial charge in [-0.15, -0.1) is 0 Å². The van der Waals surface area contributed by atoms with Gasteiger partial charge in [0.25, 0.3) is 5.56 Å². The highest BCUT2D eigenvalue weighted by Crippen LogP contribution is 2.32. The van der Waals surface area contributed by atoms with E-state index in [1.807, 2.05) is 13.8 Å². The summed E-state index contributed by atoms with van der Waals surface area (Å²) < 4.78 is 36.4. The molecular formula is C29H28F2N4O4. The number of aromatic nitrogens is 3. The molecule has 0 bridgehead atoms. The molecular weight excluding hydrogens is 506 g/mol. The highest BCUT2D eigenvalue weighted by atomic mass is 19.1. The fourth-order valence-electron chi connectivity index (χ4n) is 4.24. The zero-order chi connectivity index (χ0) is 28.6. The molecule has 0 spiro atoms. The number of hydrogen-bond donors (Lipinski definition) is 2. The van der Waals surface area contributed by atoms with E-state index in [1.165, 1.54) is 24.3 Å². The Bertz CT molecular complexity index is 1730. The number of benzene rings is 2. The zero-order valence-corrected chi connectivity index (χ0v) is 22.1. The van der Waals surface area contributed by atoms with Crippen LogP contribution < -0.4 is 17.0 Å². The fourth-order valence-corrected chi connectivity index (χ4v) is 4.24. The van der Waals surface area contributed by atoms with E-state index in [0.29, 0.717) is 16.8 Å². The van der Waals surface area contributed by atoms with Gasteiger partial charge in [-0.3, -0.25) is 9.78 Å². The molecule has 3 N–H and O–H groups in total. The third-order valence-electron chi connectivity index (χ3n) is 5.87. The number of carbonyl (C=O) groups excluding carboxylic acids is 1. The van der Waals surface area contributed by atoms with Gasteiger partial charge >= 0.3 is 11.7 Å². The molecule has 202 valence electrons. The van der Waals surface area contributed by atoms with Crippen molar-refractivity contribution in [1.82, 2.24) is 14.5 Å². The predicted molar refractivity (Wildman–Crippen MR) is 147 cm³/mol. The third-order valence-corrected chi connectivity index (χ3v) is 5.87. The van der Waals surface area contributed by atoms with Crippen LogP contribution in [0.5, 0.6) is 0 Å². The number of esters is 1. The van der Waals surface area contributed by atoms with Gasteiger partial charge in [-0.1, -0.05) is 38.1 Å². The molecule has 8 nitrogen and oxygen atoms in total. The second-order valence-corrected chi connectivity index (χ2v) is 10.3.